The molecule has 0 fully saturated rings. The number of carboxylic acid groups (broad SMARTS) is 1. The van der Waals surface area contributed by atoms with Gasteiger partial charge in [0.15, 0.2) is 0 Å². The van der Waals surface area contributed by atoms with E-state index in [0.717, 1.165) is 0 Å². The highest BCUT2D eigenvalue weighted by Crippen LogP contribution is 2.28. The molecular formula is C9H6ClNO5. The zero-order chi connectivity index (χ0) is 12.3. The summed E-state index contributed by atoms with van der Waals surface area (Å²) < 4.78 is 0. The van der Waals surface area contributed by atoms with Gasteiger partial charge in [0.1, 0.15) is 5.02 Å². The predicted octanol–water partition coefficient (Wildman–Crippen LogP) is 1.44. The number of Topliss-reactive ketones (excluding diaryl/α,β-unsaturated/α-hetero) is 1. The van der Waals surface area contributed by atoms with Crippen LogP contribution >= 0.6 is 11.6 Å². The molecule has 0 saturated carbocycles. The van der Waals surface area contributed by atoms with Gasteiger partial charge >= 0.3 is 5.97 Å². The normalized spacial score (nSPS) is 9.81. The Hall–Kier alpha value is -1.95. The quantitative estimate of drug-likeness (QED) is 0.490. The second-order valence-electron chi connectivity index (χ2n) is 2.91. The Bertz CT molecular complexity index is 471. The SMILES string of the molecule is O=C(O)C(=O)Cc1cccc(Cl)c1[N+](=O)[O-]. The maximum absolute atomic E-state index is 10.9. The number of aliphatic carboxylic acids is 1. The number of ketones is 1. The monoisotopic (exact) mass is 243 g/mol. The van der Waals surface area contributed by atoms with E-state index in [1.54, 1.807) is 0 Å². The molecule has 0 aliphatic carbocycles. The molecule has 1 aromatic rings. The summed E-state index contributed by atoms with van der Waals surface area (Å²) in [7, 11) is 0. The number of para-hydroxylation sites is 1. The zero-order valence-electron chi connectivity index (χ0n) is 7.84. The lowest BCUT2D eigenvalue weighted by Crippen LogP contribution is -2.15. The van der Waals surface area contributed by atoms with Crippen LogP contribution in [0.15, 0.2) is 18.2 Å². The molecule has 84 valence electrons. The van der Waals surface area contributed by atoms with Crippen LogP contribution in [-0.4, -0.2) is 21.8 Å². The first-order valence-corrected chi connectivity index (χ1v) is 4.49. The third kappa shape index (κ3) is 2.54. The molecule has 0 unspecified atom stereocenters. The maximum Gasteiger partial charge on any atom is 0.372 e. The van der Waals surface area contributed by atoms with Gasteiger partial charge in [0.2, 0.25) is 5.78 Å². The highest BCUT2D eigenvalue weighted by molar-refractivity contribution is 6.34. The van der Waals surface area contributed by atoms with Gasteiger partial charge in [-0.15, -0.1) is 0 Å². The molecule has 0 bridgehead atoms. The molecular weight excluding hydrogens is 238 g/mol. The van der Waals surface area contributed by atoms with Crippen molar-refractivity contribution in [1.82, 2.24) is 0 Å². The smallest absolute Gasteiger partial charge is 0.372 e. The number of halogens is 1. The Morgan fingerprint density at radius 3 is 2.56 bits per heavy atom. The van der Waals surface area contributed by atoms with E-state index in [9.17, 15) is 19.7 Å². The average molecular weight is 244 g/mol. The summed E-state index contributed by atoms with van der Waals surface area (Å²) >= 11 is 5.59. The zero-order valence-corrected chi connectivity index (χ0v) is 8.60. The Morgan fingerprint density at radius 1 is 1.44 bits per heavy atom. The summed E-state index contributed by atoms with van der Waals surface area (Å²) in [5.41, 5.74) is -0.441. The number of carbonyl (C=O) groups excluding carboxylic acids is 1. The van der Waals surface area contributed by atoms with Gasteiger partial charge in [-0.25, -0.2) is 4.79 Å². The molecule has 0 aliphatic rings. The first-order valence-electron chi connectivity index (χ1n) is 4.11. The second-order valence-corrected chi connectivity index (χ2v) is 3.32. The van der Waals surface area contributed by atoms with Crippen molar-refractivity contribution < 1.29 is 19.6 Å². The van der Waals surface area contributed by atoms with Gasteiger partial charge in [-0.1, -0.05) is 23.7 Å². The lowest BCUT2D eigenvalue weighted by atomic mass is 10.1. The van der Waals surface area contributed by atoms with Crippen LogP contribution in [0.25, 0.3) is 0 Å². The van der Waals surface area contributed by atoms with Gasteiger partial charge in [-0.05, 0) is 6.07 Å². The van der Waals surface area contributed by atoms with Gasteiger partial charge in [-0.2, -0.15) is 0 Å². The molecule has 0 aliphatic heterocycles. The van der Waals surface area contributed by atoms with E-state index in [1.165, 1.54) is 18.2 Å². The lowest BCUT2D eigenvalue weighted by molar-refractivity contribution is -0.385. The van der Waals surface area contributed by atoms with Gasteiger partial charge in [0.25, 0.3) is 5.69 Å². The topological polar surface area (TPSA) is 97.5 Å². The third-order valence-electron chi connectivity index (χ3n) is 1.84. The maximum atomic E-state index is 10.9. The average Bonchev–Trinajstić information content (AvgIpc) is 2.16. The van der Waals surface area contributed by atoms with Crippen LogP contribution in [0.5, 0.6) is 0 Å². The number of carbonyl (C=O) groups is 2. The molecule has 1 aromatic carbocycles. The first kappa shape index (κ1) is 12.1. The minimum absolute atomic E-state index is 0.00935. The molecule has 0 saturated heterocycles. The molecule has 6 nitrogen and oxygen atoms in total. The molecule has 1 N–H and O–H groups in total. The molecule has 7 heteroatoms. The van der Waals surface area contributed by atoms with Crippen LogP contribution in [0.1, 0.15) is 5.56 Å². The van der Waals surface area contributed by atoms with Crippen LogP contribution in [0.4, 0.5) is 5.69 Å². The number of hydrogen-bond acceptors (Lipinski definition) is 4. The fourth-order valence-corrected chi connectivity index (χ4v) is 1.42. The standard InChI is InChI=1S/C9H6ClNO5/c10-6-3-1-2-5(8(6)11(15)16)4-7(12)9(13)14/h1-3H,4H2,(H,13,14). The molecule has 0 atom stereocenters. The van der Waals surface area contributed by atoms with E-state index in [1.807, 2.05) is 0 Å². The molecule has 0 radical (unpaired) electrons. The number of carboxylic acids is 1. The summed E-state index contributed by atoms with van der Waals surface area (Å²) in [6.07, 6.45) is -0.549. The van der Waals surface area contributed by atoms with E-state index in [0.29, 0.717) is 0 Å². The lowest BCUT2D eigenvalue weighted by Gasteiger charge is -2.01. The number of nitro groups is 1. The van der Waals surface area contributed by atoms with E-state index >= 15 is 0 Å². The number of benzene rings is 1. The molecule has 16 heavy (non-hydrogen) atoms. The van der Waals surface area contributed by atoms with Crippen molar-refractivity contribution in [2.24, 2.45) is 0 Å². The molecule has 0 heterocycles. The number of nitro benzene ring substituents is 1. The van der Waals surface area contributed by atoms with Gasteiger partial charge < -0.3 is 5.11 Å². The van der Waals surface area contributed by atoms with Crippen LogP contribution in [-0.2, 0) is 16.0 Å². The first-order chi connectivity index (χ1) is 7.43. The summed E-state index contributed by atoms with van der Waals surface area (Å²) in [5, 5.41) is 18.9. The second kappa shape index (κ2) is 4.71. The highest BCUT2D eigenvalue weighted by atomic mass is 35.5. The van der Waals surface area contributed by atoms with E-state index in [2.05, 4.69) is 0 Å². The summed E-state index contributed by atoms with van der Waals surface area (Å²) in [6, 6.07) is 4.01. The molecule has 0 amide bonds. The van der Waals surface area contributed by atoms with Crippen molar-refractivity contribution in [3.63, 3.8) is 0 Å². The van der Waals surface area contributed by atoms with Crippen molar-refractivity contribution in [2.45, 2.75) is 6.42 Å². The van der Waals surface area contributed by atoms with Crippen LogP contribution in [0, 0.1) is 10.1 Å². The Morgan fingerprint density at radius 2 is 2.06 bits per heavy atom. The van der Waals surface area contributed by atoms with E-state index in [4.69, 9.17) is 16.7 Å². The van der Waals surface area contributed by atoms with Crippen molar-refractivity contribution in [3.05, 3.63) is 38.9 Å². The third-order valence-corrected chi connectivity index (χ3v) is 2.15. The molecule has 0 spiro atoms. The number of hydrogen-bond donors (Lipinski definition) is 1. The minimum Gasteiger partial charge on any atom is -0.475 e. The van der Waals surface area contributed by atoms with Crippen molar-refractivity contribution >= 4 is 29.0 Å². The van der Waals surface area contributed by atoms with Crippen molar-refractivity contribution in [1.29, 1.82) is 0 Å². The fraction of sp³-hybridized carbons (Fsp3) is 0.111. The Labute approximate surface area is 94.6 Å². The Kier molecular flexibility index (Phi) is 3.57. The van der Waals surface area contributed by atoms with Gasteiger partial charge in [0, 0.05) is 12.0 Å². The van der Waals surface area contributed by atoms with Crippen molar-refractivity contribution in [2.75, 3.05) is 0 Å². The Balaban J connectivity index is 3.14. The summed E-state index contributed by atoms with van der Waals surface area (Å²) in [4.78, 5) is 31.2. The molecule has 0 aromatic heterocycles. The van der Waals surface area contributed by atoms with Gasteiger partial charge in [-0.3, -0.25) is 14.9 Å². The fourth-order valence-electron chi connectivity index (χ4n) is 1.16. The number of rotatable bonds is 4. The largest absolute Gasteiger partial charge is 0.475 e. The summed E-state index contributed by atoms with van der Waals surface area (Å²) in [5.74, 6) is -2.75. The van der Waals surface area contributed by atoms with E-state index in [-0.39, 0.29) is 10.6 Å². The van der Waals surface area contributed by atoms with Crippen LogP contribution in [0.3, 0.4) is 0 Å². The predicted molar refractivity (Wildman–Crippen MR) is 54.5 cm³/mol. The van der Waals surface area contributed by atoms with Crippen LogP contribution in [0.2, 0.25) is 5.02 Å². The minimum atomic E-state index is -1.63. The molecule has 1 rings (SSSR count). The highest BCUT2D eigenvalue weighted by Gasteiger charge is 2.22. The van der Waals surface area contributed by atoms with Crippen molar-refractivity contribution in [3.8, 4) is 0 Å². The number of nitrogens with zero attached hydrogens (tertiary/aromatic N) is 1. The van der Waals surface area contributed by atoms with E-state index < -0.39 is 28.8 Å². The van der Waals surface area contributed by atoms with Gasteiger partial charge in [0.05, 0.1) is 4.92 Å². The van der Waals surface area contributed by atoms with Crippen LogP contribution < -0.4 is 0 Å². The summed E-state index contributed by atoms with van der Waals surface area (Å²) in [6.45, 7) is 0.